The quantitative estimate of drug-likeness (QED) is 0.728. The molecule has 0 fully saturated rings. The van der Waals surface area contributed by atoms with E-state index in [0.29, 0.717) is 16.7 Å². The summed E-state index contributed by atoms with van der Waals surface area (Å²) in [4.78, 5) is 2.07. The largest absolute Gasteiger partial charge is 0.490 e. The molecule has 0 aliphatic rings. The zero-order valence-electron chi connectivity index (χ0n) is 13.1. The highest BCUT2D eigenvalue weighted by Gasteiger charge is 2.18. The van der Waals surface area contributed by atoms with Gasteiger partial charge in [0.15, 0.2) is 0 Å². The summed E-state index contributed by atoms with van der Waals surface area (Å²) in [6.07, 6.45) is 0. The maximum atomic E-state index is 6.36. The van der Waals surface area contributed by atoms with E-state index in [1.165, 1.54) is 5.56 Å². The van der Waals surface area contributed by atoms with Crippen molar-refractivity contribution in [1.82, 2.24) is 4.90 Å². The Balaban J connectivity index is 2.32. The van der Waals surface area contributed by atoms with Crippen molar-refractivity contribution < 1.29 is 4.74 Å². The van der Waals surface area contributed by atoms with Crippen LogP contribution >= 0.6 is 23.2 Å². The third kappa shape index (κ3) is 4.39. The Morgan fingerprint density at radius 3 is 2.41 bits per heavy atom. The van der Waals surface area contributed by atoms with Gasteiger partial charge in [-0.2, -0.15) is 0 Å². The van der Waals surface area contributed by atoms with Gasteiger partial charge in [-0.25, -0.2) is 0 Å². The minimum atomic E-state index is 0.159. The molecule has 0 heterocycles. The lowest BCUT2D eigenvalue weighted by Gasteiger charge is -2.20. The van der Waals surface area contributed by atoms with Gasteiger partial charge in [-0.05, 0) is 31.8 Å². The molecule has 2 nitrogen and oxygen atoms in total. The standard InChI is InChI=1S/C18H21Cl2NO/c1-13(14-7-5-4-6-8-14)16-11-15(19)12-17(20)18(16)22-10-9-21(2)3/h4-8,11-13H,9-10H2,1-3H3/t13-/m0/s1. The van der Waals surface area contributed by atoms with Crippen LogP contribution in [-0.2, 0) is 0 Å². The van der Waals surface area contributed by atoms with E-state index in [9.17, 15) is 0 Å². The number of rotatable bonds is 6. The van der Waals surface area contributed by atoms with Gasteiger partial charge in [0.05, 0.1) is 5.02 Å². The second-order valence-electron chi connectivity index (χ2n) is 5.59. The molecule has 0 radical (unpaired) electrons. The van der Waals surface area contributed by atoms with E-state index < -0.39 is 0 Å². The van der Waals surface area contributed by atoms with Gasteiger partial charge in [0.2, 0.25) is 0 Å². The molecule has 2 aromatic rings. The first kappa shape index (κ1) is 17.1. The summed E-state index contributed by atoms with van der Waals surface area (Å²) in [6.45, 7) is 3.55. The summed E-state index contributed by atoms with van der Waals surface area (Å²) in [5.74, 6) is 0.885. The molecule has 2 aromatic carbocycles. The number of ether oxygens (including phenoxy) is 1. The fourth-order valence-electron chi connectivity index (χ4n) is 2.31. The van der Waals surface area contributed by atoms with Crippen molar-refractivity contribution >= 4 is 23.2 Å². The lowest BCUT2D eigenvalue weighted by atomic mass is 9.92. The Kier molecular flexibility index (Phi) is 6.13. The van der Waals surface area contributed by atoms with Crippen molar-refractivity contribution in [3.8, 4) is 5.75 Å². The summed E-state index contributed by atoms with van der Waals surface area (Å²) in [7, 11) is 4.03. The number of nitrogens with zero attached hydrogens (tertiary/aromatic N) is 1. The molecule has 118 valence electrons. The van der Waals surface area contributed by atoms with Crippen LogP contribution in [-0.4, -0.2) is 32.1 Å². The van der Waals surface area contributed by atoms with Crippen molar-refractivity contribution in [2.45, 2.75) is 12.8 Å². The molecule has 22 heavy (non-hydrogen) atoms. The average molecular weight is 338 g/mol. The summed E-state index contributed by atoms with van der Waals surface area (Å²) >= 11 is 12.5. The Morgan fingerprint density at radius 2 is 1.77 bits per heavy atom. The third-order valence-corrected chi connectivity index (χ3v) is 4.09. The lowest BCUT2D eigenvalue weighted by Crippen LogP contribution is -2.20. The number of hydrogen-bond donors (Lipinski definition) is 0. The third-order valence-electron chi connectivity index (χ3n) is 3.59. The van der Waals surface area contributed by atoms with E-state index in [1.807, 2.05) is 38.4 Å². The highest BCUT2D eigenvalue weighted by molar-refractivity contribution is 6.35. The van der Waals surface area contributed by atoms with Gasteiger partial charge in [0.1, 0.15) is 12.4 Å². The fourth-order valence-corrected chi connectivity index (χ4v) is 2.87. The van der Waals surface area contributed by atoms with E-state index in [-0.39, 0.29) is 5.92 Å². The normalized spacial score (nSPS) is 12.5. The Labute approximate surface area is 142 Å². The van der Waals surface area contributed by atoms with E-state index in [0.717, 1.165) is 17.9 Å². The van der Waals surface area contributed by atoms with Crippen LogP contribution in [0.15, 0.2) is 42.5 Å². The number of benzene rings is 2. The van der Waals surface area contributed by atoms with Crippen LogP contribution in [0.5, 0.6) is 5.75 Å². The van der Waals surface area contributed by atoms with Crippen LogP contribution in [0.2, 0.25) is 10.0 Å². The zero-order chi connectivity index (χ0) is 16.1. The molecule has 1 atom stereocenters. The van der Waals surface area contributed by atoms with Gasteiger partial charge in [0, 0.05) is 23.0 Å². The molecule has 4 heteroatoms. The van der Waals surface area contributed by atoms with Crippen LogP contribution in [0.3, 0.4) is 0 Å². The van der Waals surface area contributed by atoms with E-state index in [4.69, 9.17) is 27.9 Å². The molecule has 0 bridgehead atoms. The molecule has 0 unspecified atom stereocenters. The van der Waals surface area contributed by atoms with E-state index in [1.54, 1.807) is 6.07 Å². The Morgan fingerprint density at radius 1 is 1.09 bits per heavy atom. The number of hydrogen-bond acceptors (Lipinski definition) is 2. The first-order valence-corrected chi connectivity index (χ1v) is 8.06. The molecular formula is C18H21Cl2NO. The SMILES string of the molecule is C[C@@H](c1ccccc1)c1cc(Cl)cc(Cl)c1OCCN(C)C. The van der Waals surface area contributed by atoms with Crippen LogP contribution in [0.1, 0.15) is 24.0 Å². The van der Waals surface area contributed by atoms with Crippen LogP contribution in [0.4, 0.5) is 0 Å². The van der Waals surface area contributed by atoms with Crippen molar-refractivity contribution in [2.75, 3.05) is 27.2 Å². The Bertz CT molecular complexity index is 614. The van der Waals surface area contributed by atoms with Gasteiger partial charge in [-0.3, -0.25) is 0 Å². The molecule has 0 saturated heterocycles. The monoisotopic (exact) mass is 337 g/mol. The predicted molar refractivity (Wildman–Crippen MR) is 94.5 cm³/mol. The van der Waals surface area contributed by atoms with Gasteiger partial charge < -0.3 is 9.64 Å². The molecule has 0 aromatic heterocycles. The molecular weight excluding hydrogens is 317 g/mol. The van der Waals surface area contributed by atoms with Crippen LogP contribution < -0.4 is 4.74 Å². The maximum absolute atomic E-state index is 6.36. The van der Waals surface area contributed by atoms with Crippen molar-refractivity contribution in [3.05, 3.63) is 63.6 Å². The van der Waals surface area contributed by atoms with Gasteiger partial charge in [-0.15, -0.1) is 0 Å². The number of likely N-dealkylation sites (N-methyl/N-ethyl adjacent to an activating group) is 1. The van der Waals surface area contributed by atoms with E-state index >= 15 is 0 Å². The molecule has 0 aliphatic carbocycles. The minimum absolute atomic E-state index is 0.159. The summed E-state index contributed by atoms with van der Waals surface area (Å²) in [5, 5.41) is 1.19. The fraction of sp³-hybridized carbons (Fsp3) is 0.333. The zero-order valence-corrected chi connectivity index (χ0v) is 14.7. The molecule has 2 rings (SSSR count). The van der Waals surface area contributed by atoms with Gasteiger partial charge in [-0.1, -0.05) is 60.5 Å². The van der Waals surface area contributed by atoms with Gasteiger partial charge in [0.25, 0.3) is 0 Å². The lowest BCUT2D eigenvalue weighted by molar-refractivity contribution is 0.259. The summed E-state index contributed by atoms with van der Waals surface area (Å²) < 4.78 is 5.94. The van der Waals surface area contributed by atoms with E-state index in [2.05, 4.69) is 24.0 Å². The highest BCUT2D eigenvalue weighted by atomic mass is 35.5. The highest BCUT2D eigenvalue weighted by Crippen LogP contribution is 2.39. The van der Waals surface area contributed by atoms with Crippen LogP contribution in [0, 0.1) is 0 Å². The topological polar surface area (TPSA) is 12.5 Å². The van der Waals surface area contributed by atoms with Crippen molar-refractivity contribution in [3.63, 3.8) is 0 Å². The molecule has 0 N–H and O–H groups in total. The summed E-state index contributed by atoms with van der Waals surface area (Å²) in [6, 6.07) is 13.9. The molecule has 0 spiro atoms. The Hall–Kier alpha value is -1.22. The first-order valence-electron chi connectivity index (χ1n) is 7.30. The molecule has 0 saturated carbocycles. The minimum Gasteiger partial charge on any atom is -0.490 e. The van der Waals surface area contributed by atoms with Crippen molar-refractivity contribution in [2.24, 2.45) is 0 Å². The van der Waals surface area contributed by atoms with Crippen LogP contribution in [0.25, 0.3) is 0 Å². The maximum Gasteiger partial charge on any atom is 0.141 e. The summed E-state index contributed by atoms with van der Waals surface area (Å²) in [5.41, 5.74) is 2.22. The second kappa shape index (κ2) is 7.87. The molecule has 0 aliphatic heterocycles. The average Bonchev–Trinajstić information content (AvgIpc) is 2.49. The second-order valence-corrected chi connectivity index (χ2v) is 6.43. The number of halogens is 2. The first-order chi connectivity index (χ1) is 10.5. The van der Waals surface area contributed by atoms with Gasteiger partial charge >= 0.3 is 0 Å². The smallest absolute Gasteiger partial charge is 0.141 e. The molecule has 0 amide bonds. The predicted octanol–water partition coefficient (Wildman–Crippen LogP) is 5.09. The van der Waals surface area contributed by atoms with Crippen molar-refractivity contribution in [1.29, 1.82) is 0 Å².